The number of benzene rings is 2. The van der Waals surface area contributed by atoms with Gasteiger partial charge in [0.15, 0.2) is 5.52 Å². The minimum Gasteiger partial charge on any atom is -0.363 e. The molecule has 1 aromatic heterocycles. The van der Waals surface area contributed by atoms with Crippen molar-refractivity contribution >= 4 is 40.1 Å². The number of nitrogens with one attached hydrogen (secondary N) is 2. The van der Waals surface area contributed by atoms with Crippen LogP contribution in [0.25, 0.3) is 11.0 Å². The van der Waals surface area contributed by atoms with Crippen LogP contribution in [-0.4, -0.2) is 102 Å². The number of anilines is 1. The minimum atomic E-state index is -0.593. The van der Waals surface area contributed by atoms with Crippen LogP contribution < -0.4 is 15.5 Å². The van der Waals surface area contributed by atoms with E-state index in [1.807, 2.05) is 0 Å². The summed E-state index contributed by atoms with van der Waals surface area (Å²) in [5.74, 6) is -0.502. The topological polar surface area (TPSA) is 167 Å². The highest BCUT2D eigenvalue weighted by atomic mass is 16.6. The molecule has 3 aromatic rings. The summed E-state index contributed by atoms with van der Waals surface area (Å²) >= 11 is 0. The summed E-state index contributed by atoms with van der Waals surface area (Å²) in [6.07, 6.45) is 3.36. The molecule has 2 aliphatic rings. The van der Waals surface area contributed by atoms with Crippen molar-refractivity contribution < 1.29 is 23.9 Å². The Morgan fingerprint density at radius 1 is 1.02 bits per heavy atom. The maximum absolute atomic E-state index is 13.0. The molecule has 2 fully saturated rings. The third-order valence-electron chi connectivity index (χ3n) is 9.09. The second-order valence-electron chi connectivity index (χ2n) is 11.9. The second kappa shape index (κ2) is 13.0. The molecule has 2 aromatic carbocycles. The van der Waals surface area contributed by atoms with Crippen molar-refractivity contribution in [3.63, 3.8) is 0 Å². The molecule has 2 unspecified atom stereocenters. The Morgan fingerprint density at radius 2 is 1.73 bits per heavy atom. The number of fused-ring (bicyclic) bond motifs is 3. The first-order valence-corrected chi connectivity index (χ1v) is 14.7. The predicted octanol–water partition coefficient (Wildman–Crippen LogP) is 1.83. The Labute approximate surface area is 254 Å². The number of non-ortho nitro benzene ring substituents is 1. The number of nitrogens with zero attached hydrogens (tertiary/aromatic N) is 6. The van der Waals surface area contributed by atoms with Gasteiger partial charge in [0.1, 0.15) is 0 Å². The van der Waals surface area contributed by atoms with E-state index in [0.717, 1.165) is 12.8 Å². The van der Waals surface area contributed by atoms with Gasteiger partial charge in [0.2, 0.25) is 23.2 Å². The first-order valence-electron chi connectivity index (χ1n) is 14.7. The average molecular weight is 607 g/mol. The summed E-state index contributed by atoms with van der Waals surface area (Å²) in [5.41, 5.74) is 2.81. The Balaban J connectivity index is 1.10. The quantitative estimate of drug-likeness (QED) is 0.243. The van der Waals surface area contributed by atoms with Gasteiger partial charge in [0.05, 0.1) is 30.2 Å². The molecule has 2 saturated heterocycles. The molecule has 14 nitrogen and oxygen atoms in total. The summed E-state index contributed by atoms with van der Waals surface area (Å²) in [4.78, 5) is 54.3. The highest BCUT2D eigenvalue weighted by Gasteiger charge is 2.46. The molecule has 2 bridgehead atoms. The number of piperidine rings is 1. The molecule has 234 valence electrons. The summed E-state index contributed by atoms with van der Waals surface area (Å²) in [6.45, 7) is 2.04. The van der Waals surface area contributed by atoms with Gasteiger partial charge in [-0.25, -0.2) is 4.63 Å². The van der Waals surface area contributed by atoms with Gasteiger partial charge in [-0.05, 0) is 67.0 Å². The number of carbonyl (C=O) groups excluding carboxylic acids is 3. The van der Waals surface area contributed by atoms with Gasteiger partial charge in [0.25, 0.3) is 0 Å². The van der Waals surface area contributed by atoms with Crippen LogP contribution in [0.4, 0.5) is 11.4 Å². The highest BCUT2D eigenvalue weighted by molar-refractivity contribution is 5.95. The molecule has 44 heavy (non-hydrogen) atoms. The van der Waals surface area contributed by atoms with Crippen LogP contribution >= 0.6 is 0 Å². The van der Waals surface area contributed by atoms with E-state index in [1.165, 1.54) is 34.6 Å². The average Bonchev–Trinajstić information content (AvgIpc) is 3.58. The van der Waals surface area contributed by atoms with Crippen LogP contribution in [-0.2, 0) is 14.4 Å². The first-order chi connectivity index (χ1) is 21.0. The lowest BCUT2D eigenvalue weighted by Gasteiger charge is -2.44. The van der Waals surface area contributed by atoms with E-state index >= 15 is 0 Å². The van der Waals surface area contributed by atoms with Gasteiger partial charge in [-0.3, -0.25) is 24.5 Å². The predicted molar refractivity (Wildman–Crippen MR) is 162 cm³/mol. The van der Waals surface area contributed by atoms with Crippen molar-refractivity contribution in [3.05, 3.63) is 57.6 Å². The number of nitro groups is 1. The molecular weight excluding hydrogens is 568 g/mol. The number of amides is 3. The Morgan fingerprint density at radius 3 is 2.45 bits per heavy atom. The minimum absolute atomic E-state index is 0.0256. The standard InChI is InChI=1S/C30H38N8O6/c1-18-5-7-19(8-6-18)21-13-20-9-10-23(37(20)4)22(21)16-36(3)28(41)15-32-26(39)14-31-27(40)17-35(2)24-11-12-25(38(42)43)30-29(24)33-44-34-30/h5-8,11-12,20-23H,9-10,13-17H2,1-4H3,(H,31,40)(H,32,39)/t20-,21-,22?,23?/m1/s1. The summed E-state index contributed by atoms with van der Waals surface area (Å²) in [6, 6.07) is 12.4. The number of hydrogen-bond acceptors (Lipinski definition) is 10. The van der Waals surface area contributed by atoms with Crippen LogP contribution in [0.5, 0.6) is 0 Å². The second-order valence-corrected chi connectivity index (χ2v) is 11.9. The number of aromatic nitrogens is 2. The Bertz CT molecular complexity index is 1540. The maximum Gasteiger partial charge on any atom is 0.300 e. The zero-order valence-corrected chi connectivity index (χ0v) is 25.4. The van der Waals surface area contributed by atoms with Gasteiger partial charge in [-0.1, -0.05) is 29.8 Å². The Kier molecular flexibility index (Phi) is 9.09. The summed E-state index contributed by atoms with van der Waals surface area (Å²) in [5, 5.41) is 23.7. The van der Waals surface area contributed by atoms with Crippen molar-refractivity contribution in [2.45, 2.75) is 44.2 Å². The lowest BCUT2D eigenvalue weighted by atomic mass is 9.75. The molecule has 4 atom stereocenters. The number of hydrogen-bond donors (Lipinski definition) is 2. The van der Waals surface area contributed by atoms with Gasteiger partial charge in [0, 0.05) is 38.8 Å². The molecule has 3 amide bonds. The normalized spacial score (nSPS) is 21.2. The summed E-state index contributed by atoms with van der Waals surface area (Å²) < 4.78 is 4.67. The zero-order chi connectivity index (χ0) is 31.5. The molecule has 0 aliphatic carbocycles. The number of likely N-dealkylation sites (N-methyl/N-ethyl adjacent to an activating group) is 2. The number of aryl methyl sites for hydroxylation is 1. The molecule has 2 aliphatic heterocycles. The number of carbonyl (C=O) groups is 3. The van der Waals surface area contributed by atoms with Crippen molar-refractivity contribution in [3.8, 4) is 0 Å². The van der Waals surface area contributed by atoms with E-state index in [9.17, 15) is 24.5 Å². The first kappa shape index (κ1) is 30.9. The SMILES string of the molecule is Cc1ccc([C@H]2C[C@H]3CCC(C2CN(C)C(=O)CNC(=O)CNC(=O)CN(C)c2ccc([N+](=O)[O-])c4nonc24)N3C)cc1. The summed E-state index contributed by atoms with van der Waals surface area (Å²) in [7, 11) is 5.56. The fourth-order valence-corrected chi connectivity index (χ4v) is 6.64. The number of nitro benzene ring substituents is 1. The lowest BCUT2D eigenvalue weighted by Crippen LogP contribution is -2.51. The molecule has 0 saturated carbocycles. The fraction of sp³-hybridized carbons (Fsp3) is 0.500. The molecular formula is C30H38N8O6. The molecule has 3 heterocycles. The van der Waals surface area contributed by atoms with E-state index in [0.29, 0.717) is 30.2 Å². The van der Waals surface area contributed by atoms with Crippen molar-refractivity contribution in [2.75, 3.05) is 52.2 Å². The van der Waals surface area contributed by atoms with E-state index < -0.39 is 16.7 Å². The van der Waals surface area contributed by atoms with Crippen LogP contribution in [0.1, 0.15) is 36.3 Å². The van der Waals surface area contributed by atoms with Crippen molar-refractivity contribution in [1.82, 2.24) is 30.7 Å². The van der Waals surface area contributed by atoms with E-state index in [-0.39, 0.29) is 48.2 Å². The van der Waals surface area contributed by atoms with Crippen LogP contribution in [0.3, 0.4) is 0 Å². The van der Waals surface area contributed by atoms with E-state index in [1.54, 1.807) is 19.0 Å². The third kappa shape index (κ3) is 6.49. The van der Waals surface area contributed by atoms with Gasteiger partial charge in [-0.15, -0.1) is 0 Å². The van der Waals surface area contributed by atoms with Crippen LogP contribution in [0.2, 0.25) is 0 Å². The maximum atomic E-state index is 13.0. The fourth-order valence-electron chi connectivity index (χ4n) is 6.64. The van der Waals surface area contributed by atoms with Gasteiger partial charge in [-0.2, -0.15) is 0 Å². The monoisotopic (exact) mass is 606 g/mol. The Hall–Kier alpha value is -4.59. The molecule has 0 radical (unpaired) electrons. The van der Waals surface area contributed by atoms with Gasteiger partial charge < -0.3 is 25.3 Å². The molecule has 2 N–H and O–H groups in total. The van der Waals surface area contributed by atoms with Crippen molar-refractivity contribution in [2.24, 2.45) is 5.92 Å². The van der Waals surface area contributed by atoms with E-state index in [4.69, 9.17) is 0 Å². The smallest absolute Gasteiger partial charge is 0.300 e. The van der Waals surface area contributed by atoms with Gasteiger partial charge >= 0.3 is 5.69 Å². The van der Waals surface area contributed by atoms with E-state index in [2.05, 4.69) is 68.7 Å². The van der Waals surface area contributed by atoms with Crippen molar-refractivity contribution in [1.29, 1.82) is 0 Å². The highest BCUT2D eigenvalue weighted by Crippen LogP contribution is 2.46. The molecule has 5 rings (SSSR count). The largest absolute Gasteiger partial charge is 0.363 e. The zero-order valence-electron chi connectivity index (χ0n) is 25.4. The lowest BCUT2D eigenvalue weighted by molar-refractivity contribution is -0.383. The molecule has 0 spiro atoms. The number of rotatable bonds is 11. The van der Waals surface area contributed by atoms with Crippen LogP contribution in [0, 0.1) is 23.0 Å². The third-order valence-corrected chi connectivity index (χ3v) is 9.09. The molecule has 14 heteroatoms. The van der Waals surface area contributed by atoms with Crippen LogP contribution in [0.15, 0.2) is 41.0 Å².